The zero-order chi connectivity index (χ0) is 27.4. The lowest BCUT2D eigenvalue weighted by molar-refractivity contribution is 0.104. The molecule has 0 saturated carbocycles. The Bertz CT molecular complexity index is 1450. The van der Waals surface area contributed by atoms with Gasteiger partial charge in [-0.1, -0.05) is 25.0 Å². The number of nitrogens with zero attached hydrogens (tertiary/aromatic N) is 1. The number of carbonyl (C=O) groups is 1. The largest absolute Gasteiger partial charge is 0.497 e. The van der Waals surface area contributed by atoms with E-state index in [1.807, 2.05) is 0 Å². The standard InChI is InChI=1S/C33H33F2NO3/c1-22-19-29(34)32(30(35)20-22)28-13-9-24-21-26(38-2)12-14-27(24)31(28)33(37)23-7-10-25(11-8-23)39-18-17-36-15-5-3-4-6-16-36/h7-14,19-21H,3-6,15-18H2,1-2H3. The van der Waals surface area contributed by atoms with Crippen molar-refractivity contribution in [2.24, 2.45) is 0 Å². The fraction of sp³-hybridized carbons (Fsp3) is 0.303. The van der Waals surface area contributed by atoms with Crippen LogP contribution in [0.5, 0.6) is 11.5 Å². The highest BCUT2D eigenvalue weighted by Gasteiger charge is 2.23. The normalized spacial score (nSPS) is 14.3. The monoisotopic (exact) mass is 529 g/mol. The van der Waals surface area contributed by atoms with E-state index >= 15 is 8.78 Å². The molecule has 0 N–H and O–H groups in total. The van der Waals surface area contributed by atoms with Crippen molar-refractivity contribution in [1.82, 2.24) is 4.90 Å². The van der Waals surface area contributed by atoms with Gasteiger partial charge in [-0.05, 0) is 109 Å². The van der Waals surface area contributed by atoms with Gasteiger partial charge in [0.2, 0.25) is 0 Å². The summed E-state index contributed by atoms with van der Waals surface area (Å²) in [4.78, 5) is 16.4. The second-order valence-electron chi connectivity index (χ2n) is 10.1. The van der Waals surface area contributed by atoms with E-state index in [0.29, 0.717) is 34.6 Å². The van der Waals surface area contributed by atoms with Gasteiger partial charge < -0.3 is 9.47 Å². The molecule has 39 heavy (non-hydrogen) atoms. The van der Waals surface area contributed by atoms with Gasteiger partial charge in [0.1, 0.15) is 29.7 Å². The van der Waals surface area contributed by atoms with Crippen molar-refractivity contribution in [2.75, 3.05) is 33.4 Å². The molecule has 4 aromatic carbocycles. The number of halogens is 2. The van der Waals surface area contributed by atoms with Gasteiger partial charge in [-0.15, -0.1) is 0 Å². The summed E-state index contributed by atoms with van der Waals surface area (Å²) >= 11 is 0. The first kappa shape index (κ1) is 26.8. The summed E-state index contributed by atoms with van der Waals surface area (Å²) in [6, 6.07) is 18.2. The minimum Gasteiger partial charge on any atom is -0.497 e. The Balaban J connectivity index is 1.46. The smallest absolute Gasteiger partial charge is 0.194 e. The predicted octanol–water partition coefficient (Wildman–Crippen LogP) is 7.59. The quantitative estimate of drug-likeness (QED) is 0.221. The Hall–Kier alpha value is -3.77. The lowest BCUT2D eigenvalue weighted by Crippen LogP contribution is -2.29. The number of ketones is 1. The summed E-state index contributed by atoms with van der Waals surface area (Å²) in [5, 5.41) is 1.33. The molecule has 0 radical (unpaired) electrons. The molecule has 0 aromatic heterocycles. The third kappa shape index (κ3) is 5.96. The van der Waals surface area contributed by atoms with Crippen LogP contribution in [-0.4, -0.2) is 44.0 Å². The van der Waals surface area contributed by atoms with Gasteiger partial charge in [0.05, 0.1) is 12.7 Å². The minimum absolute atomic E-state index is 0.213. The molecule has 1 saturated heterocycles. The van der Waals surface area contributed by atoms with Crippen molar-refractivity contribution in [2.45, 2.75) is 32.6 Å². The molecule has 202 valence electrons. The van der Waals surface area contributed by atoms with E-state index in [-0.39, 0.29) is 22.5 Å². The van der Waals surface area contributed by atoms with Crippen molar-refractivity contribution in [3.63, 3.8) is 0 Å². The molecule has 6 heteroatoms. The third-order valence-electron chi connectivity index (χ3n) is 7.40. The maximum absolute atomic E-state index is 15.1. The number of hydrogen-bond acceptors (Lipinski definition) is 4. The maximum atomic E-state index is 15.1. The molecule has 1 aliphatic rings. The maximum Gasteiger partial charge on any atom is 0.194 e. The Morgan fingerprint density at radius 3 is 2.18 bits per heavy atom. The number of ether oxygens (including phenoxy) is 2. The van der Waals surface area contributed by atoms with E-state index in [4.69, 9.17) is 9.47 Å². The molecule has 1 heterocycles. The summed E-state index contributed by atoms with van der Waals surface area (Å²) in [6.07, 6.45) is 5.05. The molecule has 4 nitrogen and oxygen atoms in total. The van der Waals surface area contributed by atoms with E-state index < -0.39 is 11.6 Å². The van der Waals surface area contributed by atoms with Gasteiger partial charge in [-0.3, -0.25) is 9.69 Å². The van der Waals surface area contributed by atoms with Gasteiger partial charge in [0.25, 0.3) is 0 Å². The number of methoxy groups -OCH3 is 1. The van der Waals surface area contributed by atoms with Crippen LogP contribution in [0.15, 0.2) is 66.7 Å². The summed E-state index contributed by atoms with van der Waals surface area (Å²) in [7, 11) is 1.57. The zero-order valence-electron chi connectivity index (χ0n) is 22.4. The Labute approximate surface area is 228 Å². The number of carbonyl (C=O) groups excluding carboxylic acids is 1. The lowest BCUT2D eigenvalue weighted by atomic mass is 9.88. The van der Waals surface area contributed by atoms with Crippen LogP contribution in [0.4, 0.5) is 8.78 Å². The van der Waals surface area contributed by atoms with Gasteiger partial charge in [-0.25, -0.2) is 8.78 Å². The molecule has 0 spiro atoms. The van der Waals surface area contributed by atoms with Crippen molar-refractivity contribution in [1.29, 1.82) is 0 Å². The van der Waals surface area contributed by atoms with Crippen LogP contribution in [-0.2, 0) is 0 Å². The predicted molar refractivity (Wildman–Crippen MR) is 151 cm³/mol. The Kier molecular flexibility index (Phi) is 8.22. The van der Waals surface area contributed by atoms with Crippen LogP contribution in [0.25, 0.3) is 21.9 Å². The topological polar surface area (TPSA) is 38.8 Å². The summed E-state index contributed by atoms with van der Waals surface area (Å²) < 4.78 is 41.5. The van der Waals surface area contributed by atoms with Crippen molar-refractivity contribution in [3.8, 4) is 22.6 Å². The van der Waals surface area contributed by atoms with E-state index in [9.17, 15) is 4.79 Å². The van der Waals surface area contributed by atoms with Crippen LogP contribution in [0.2, 0.25) is 0 Å². The molecule has 1 aliphatic heterocycles. The average molecular weight is 530 g/mol. The second-order valence-corrected chi connectivity index (χ2v) is 10.1. The lowest BCUT2D eigenvalue weighted by Gasteiger charge is -2.19. The molecule has 0 unspecified atom stereocenters. The number of rotatable bonds is 8. The fourth-order valence-electron chi connectivity index (χ4n) is 5.34. The van der Waals surface area contributed by atoms with Crippen LogP contribution < -0.4 is 9.47 Å². The van der Waals surface area contributed by atoms with Crippen LogP contribution in [0.3, 0.4) is 0 Å². The first-order valence-corrected chi connectivity index (χ1v) is 13.5. The molecule has 4 aromatic rings. The molecule has 1 fully saturated rings. The number of benzene rings is 4. The summed E-state index contributed by atoms with van der Waals surface area (Å²) in [6.45, 7) is 5.30. The summed E-state index contributed by atoms with van der Waals surface area (Å²) in [5.41, 5.74) is 1.12. The zero-order valence-corrected chi connectivity index (χ0v) is 22.4. The molecular weight excluding hydrogens is 496 g/mol. The Morgan fingerprint density at radius 1 is 0.846 bits per heavy atom. The molecule has 0 atom stereocenters. The van der Waals surface area contributed by atoms with E-state index in [2.05, 4.69) is 4.90 Å². The second kappa shape index (κ2) is 12.0. The van der Waals surface area contributed by atoms with Crippen molar-refractivity contribution < 1.29 is 23.0 Å². The average Bonchev–Trinajstić information content (AvgIpc) is 3.21. The Morgan fingerprint density at radius 2 is 1.51 bits per heavy atom. The first-order valence-electron chi connectivity index (χ1n) is 13.5. The first-order chi connectivity index (χ1) is 18.9. The van der Waals surface area contributed by atoms with Crippen LogP contribution >= 0.6 is 0 Å². The number of aryl methyl sites for hydroxylation is 1. The van der Waals surface area contributed by atoms with E-state index in [1.165, 1.54) is 37.8 Å². The molecule has 5 rings (SSSR count). The molecule has 0 aliphatic carbocycles. The third-order valence-corrected chi connectivity index (χ3v) is 7.40. The minimum atomic E-state index is -0.706. The van der Waals surface area contributed by atoms with Crippen molar-refractivity contribution >= 4 is 16.6 Å². The van der Waals surface area contributed by atoms with Gasteiger partial charge in [-0.2, -0.15) is 0 Å². The highest BCUT2D eigenvalue weighted by atomic mass is 19.1. The van der Waals surface area contributed by atoms with Crippen LogP contribution in [0.1, 0.15) is 47.2 Å². The van der Waals surface area contributed by atoms with E-state index in [0.717, 1.165) is 25.0 Å². The SMILES string of the molecule is COc1ccc2c(C(=O)c3ccc(OCCN4CCCCCC4)cc3)c(-c3c(F)cc(C)cc3F)ccc2c1. The molecule has 0 bridgehead atoms. The number of hydrogen-bond donors (Lipinski definition) is 0. The molecule has 0 amide bonds. The van der Waals surface area contributed by atoms with Gasteiger partial charge in [0.15, 0.2) is 5.78 Å². The highest BCUT2D eigenvalue weighted by molar-refractivity contribution is 6.20. The van der Waals surface area contributed by atoms with Crippen molar-refractivity contribution in [3.05, 3.63) is 95.1 Å². The van der Waals surface area contributed by atoms with E-state index in [1.54, 1.807) is 68.6 Å². The number of likely N-dealkylation sites (tertiary alicyclic amines) is 1. The van der Waals surface area contributed by atoms with Gasteiger partial charge >= 0.3 is 0 Å². The summed E-state index contributed by atoms with van der Waals surface area (Å²) in [5.74, 6) is -0.427. The van der Waals surface area contributed by atoms with Crippen LogP contribution in [0, 0.1) is 18.6 Å². The molecular formula is C33H33F2NO3. The highest BCUT2D eigenvalue weighted by Crippen LogP contribution is 2.37. The van der Waals surface area contributed by atoms with Gasteiger partial charge in [0, 0.05) is 17.7 Å². The number of fused-ring (bicyclic) bond motifs is 1. The fourth-order valence-corrected chi connectivity index (χ4v) is 5.34.